The highest BCUT2D eigenvalue weighted by atomic mass is 15.0. The Balaban J connectivity index is 1.10. The molecule has 0 spiro atoms. The van der Waals surface area contributed by atoms with Gasteiger partial charge < -0.3 is 9.13 Å². The molecule has 0 unspecified atom stereocenters. The zero-order valence-electron chi connectivity index (χ0n) is 33.9. The lowest BCUT2D eigenvalue weighted by atomic mass is 9.79. The fourth-order valence-corrected chi connectivity index (χ4v) is 10.8. The van der Waals surface area contributed by atoms with Crippen LogP contribution in [0.2, 0.25) is 0 Å². The van der Waals surface area contributed by atoms with Gasteiger partial charge in [0.25, 0.3) is 0 Å². The van der Waals surface area contributed by atoms with Crippen molar-refractivity contribution in [1.82, 2.24) is 14.1 Å². The number of fused-ring (bicyclic) bond motifs is 13. The minimum atomic E-state index is -0.199. The molecule has 0 fully saturated rings. The second-order valence-electron chi connectivity index (χ2n) is 17.1. The third kappa shape index (κ3) is 4.83. The first kappa shape index (κ1) is 34.1. The molecule has 0 bridgehead atoms. The Kier molecular flexibility index (Phi) is 7.07. The predicted molar refractivity (Wildman–Crippen MR) is 256 cm³/mol. The highest BCUT2D eigenvalue weighted by molar-refractivity contribution is 6.15. The molecular formula is C58H39N3. The van der Waals surface area contributed by atoms with Crippen molar-refractivity contribution in [1.29, 1.82) is 0 Å². The van der Waals surface area contributed by atoms with E-state index in [4.69, 9.17) is 4.98 Å². The van der Waals surface area contributed by atoms with E-state index in [-0.39, 0.29) is 5.41 Å². The summed E-state index contributed by atoms with van der Waals surface area (Å²) in [7, 11) is 0. The first-order chi connectivity index (χ1) is 30.0. The molecule has 0 saturated heterocycles. The van der Waals surface area contributed by atoms with Gasteiger partial charge in [0, 0.05) is 54.7 Å². The van der Waals surface area contributed by atoms with Crippen LogP contribution in [0.3, 0.4) is 0 Å². The quantitative estimate of drug-likeness (QED) is 0.163. The summed E-state index contributed by atoms with van der Waals surface area (Å²) < 4.78 is 4.88. The fourth-order valence-electron chi connectivity index (χ4n) is 10.8. The molecule has 13 rings (SSSR count). The Hall–Kier alpha value is -7.75. The number of benzene rings is 9. The Morgan fingerprint density at radius 1 is 0.377 bits per heavy atom. The normalized spacial score (nSPS) is 13.2. The minimum absolute atomic E-state index is 0.199. The highest BCUT2D eigenvalue weighted by Gasteiger charge is 2.38. The zero-order valence-corrected chi connectivity index (χ0v) is 33.9. The topological polar surface area (TPSA) is 22.8 Å². The first-order valence-corrected chi connectivity index (χ1v) is 21.2. The van der Waals surface area contributed by atoms with Crippen molar-refractivity contribution < 1.29 is 0 Å². The van der Waals surface area contributed by atoms with Gasteiger partial charge in [-0.3, -0.25) is 0 Å². The van der Waals surface area contributed by atoms with E-state index in [9.17, 15) is 0 Å². The third-order valence-corrected chi connectivity index (χ3v) is 13.4. The summed E-state index contributed by atoms with van der Waals surface area (Å²) in [5.74, 6) is 0. The second kappa shape index (κ2) is 12.6. The molecule has 286 valence electrons. The summed E-state index contributed by atoms with van der Waals surface area (Å²) in [6, 6.07) is 73.5. The van der Waals surface area contributed by atoms with Gasteiger partial charge in [0.05, 0.1) is 33.3 Å². The first-order valence-electron chi connectivity index (χ1n) is 21.2. The van der Waals surface area contributed by atoms with E-state index in [0.717, 1.165) is 39.3 Å². The molecule has 9 aromatic carbocycles. The van der Waals surface area contributed by atoms with E-state index in [1.165, 1.54) is 82.0 Å². The summed E-state index contributed by atoms with van der Waals surface area (Å²) in [6.07, 6.45) is 0. The van der Waals surface area contributed by atoms with Gasteiger partial charge in [-0.1, -0.05) is 159 Å². The van der Waals surface area contributed by atoms with Crippen molar-refractivity contribution in [2.24, 2.45) is 0 Å². The Morgan fingerprint density at radius 2 is 0.885 bits per heavy atom. The van der Waals surface area contributed by atoms with Crippen LogP contribution in [0.15, 0.2) is 200 Å². The van der Waals surface area contributed by atoms with Crippen LogP contribution in [-0.4, -0.2) is 14.1 Å². The second-order valence-corrected chi connectivity index (χ2v) is 17.1. The lowest BCUT2D eigenvalue weighted by Crippen LogP contribution is -2.16. The van der Waals surface area contributed by atoms with Crippen LogP contribution >= 0.6 is 0 Å². The maximum Gasteiger partial charge on any atom is 0.0791 e. The SMILES string of the molecule is CC1(C)c2ccccc2-c2ccc3c(c(-c4cccc(-c5cc(-n6c7ccccc7c7ccccc76)cc(-n6c7ccccc7c7ccccc76)c5)c4)nc4ccccc43)c21. The number of nitrogens with zero attached hydrogens (tertiary/aromatic N) is 3. The maximum atomic E-state index is 5.56. The van der Waals surface area contributed by atoms with Crippen LogP contribution in [0.25, 0.3) is 110 Å². The molecule has 3 heteroatoms. The van der Waals surface area contributed by atoms with Crippen LogP contribution in [0.1, 0.15) is 25.0 Å². The lowest BCUT2D eigenvalue weighted by molar-refractivity contribution is 0.666. The maximum absolute atomic E-state index is 5.56. The van der Waals surface area contributed by atoms with Gasteiger partial charge in [-0.2, -0.15) is 0 Å². The smallest absolute Gasteiger partial charge is 0.0791 e. The molecule has 0 atom stereocenters. The molecule has 12 aromatic rings. The lowest BCUT2D eigenvalue weighted by Gasteiger charge is -2.25. The van der Waals surface area contributed by atoms with E-state index in [1.54, 1.807) is 0 Å². The van der Waals surface area contributed by atoms with Crippen LogP contribution in [0.5, 0.6) is 0 Å². The average molecular weight is 778 g/mol. The highest BCUT2D eigenvalue weighted by Crippen LogP contribution is 2.53. The van der Waals surface area contributed by atoms with Crippen molar-refractivity contribution in [3.63, 3.8) is 0 Å². The fraction of sp³-hybridized carbons (Fsp3) is 0.0517. The van der Waals surface area contributed by atoms with Crippen molar-refractivity contribution in [3.8, 4) is 44.9 Å². The summed E-state index contributed by atoms with van der Waals surface area (Å²) >= 11 is 0. The Bertz CT molecular complexity index is 3560. The minimum Gasteiger partial charge on any atom is -0.309 e. The molecule has 3 aromatic heterocycles. The molecule has 0 aliphatic heterocycles. The van der Waals surface area contributed by atoms with Gasteiger partial charge in [-0.15, -0.1) is 0 Å². The van der Waals surface area contributed by atoms with Crippen molar-refractivity contribution in [2.45, 2.75) is 19.3 Å². The number of hydrogen-bond donors (Lipinski definition) is 0. The molecule has 1 aliphatic carbocycles. The molecule has 0 radical (unpaired) electrons. The van der Waals surface area contributed by atoms with E-state index in [0.29, 0.717) is 0 Å². The summed E-state index contributed by atoms with van der Waals surface area (Å²) in [5.41, 5.74) is 17.5. The van der Waals surface area contributed by atoms with Crippen LogP contribution in [0, 0.1) is 0 Å². The zero-order chi connectivity index (χ0) is 40.4. The molecule has 0 saturated carbocycles. The van der Waals surface area contributed by atoms with Crippen LogP contribution < -0.4 is 0 Å². The number of rotatable bonds is 4. The van der Waals surface area contributed by atoms with Crippen LogP contribution in [-0.2, 0) is 5.41 Å². The molecule has 0 amide bonds. The molecule has 61 heavy (non-hydrogen) atoms. The number of pyridine rings is 1. The predicted octanol–water partition coefficient (Wildman–Crippen LogP) is 15.2. The van der Waals surface area contributed by atoms with Crippen molar-refractivity contribution in [2.75, 3.05) is 0 Å². The molecule has 3 heterocycles. The third-order valence-electron chi connectivity index (χ3n) is 13.4. The molecule has 1 aliphatic rings. The van der Waals surface area contributed by atoms with E-state index in [2.05, 4.69) is 223 Å². The molecule has 3 nitrogen and oxygen atoms in total. The largest absolute Gasteiger partial charge is 0.309 e. The van der Waals surface area contributed by atoms with E-state index >= 15 is 0 Å². The standard InChI is InChI=1S/C58H39N3/c1-58(2)49-24-9-3-18-41(49)48-31-30-47-42-19-4-10-25-50(42)59-57(55(47)56(48)58)37-17-15-16-36(32-37)38-33-39(60-51-26-11-5-20-43(51)44-21-6-12-27-52(44)60)35-40(34-38)61-53-28-13-7-22-45(53)46-23-8-14-29-54(46)61/h3-35H,1-2H3. The van der Waals surface area contributed by atoms with Crippen LogP contribution in [0.4, 0.5) is 0 Å². The monoisotopic (exact) mass is 777 g/mol. The van der Waals surface area contributed by atoms with Gasteiger partial charge in [0.15, 0.2) is 0 Å². The van der Waals surface area contributed by atoms with E-state index < -0.39 is 0 Å². The summed E-state index contributed by atoms with van der Waals surface area (Å²) in [6.45, 7) is 4.76. The van der Waals surface area contributed by atoms with Crippen molar-refractivity contribution >= 4 is 65.3 Å². The van der Waals surface area contributed by atoms with Gasteiger partial charge in [0.2, 0.25) is 0 Å². The summed E-state index contributed by atoms with van der Waals surface area (Å²) in [5, 5.41) is 8.65. The number of para-hydroxylation sites is 5. The molecule has 0 N–H and O–H groups in total. The number of aromatic nitrogens is 3. The van der Waals surface area contributed by atoms with Gasteiger partial charge in [-0.25, -0.2) is 4.98 Å². The molecular weight excluding hydrogens is 739 g/mol. The van der Waals surface area contributed by atoms with E-state index in [1.807, 2.05) is 0 Å². The average Bonchev–Trinajstić information content (AvgIpc) is 3.92. The Morgan fingerprint density at radius 3 is 1.49 bits per heavy atom. The van der Waals surface area contributed by atoms with Gasteiger partial charge in [0.1, 0.15) is 0 Å². The van der Waals surface area contributed by atoms with Crippen molar-refractivity contribution in [3.05, 3.63) is 211 Å². The number of hydrogen-bond acceptors (Lipinski definition) is 1. The van der Waals surface area contributed by atoms with Gasteiger partial charge >= 0.3 is 0 Å². The summed E-state index contributed by atoms with van der Waals surface area (Å²) in [4.78, 5) is 5.56. The van der Waals surface area contributed by atoms with Gasteiger partial charge in [-0.05, 0) is 93.4 Å². The Labute approximate surface area is 353 Å².